The molecule has 0 aliphatic heterocycles. The van der Waals surface area contributed by atoms with Gasteiger partial charge in [0, 0.05) is 0 Å². The molecule has 6 nitrogen and oxygen atoms in total. The summed E-state index contributed by atoms with van der Waals surface area (Å²) in [5, 5.41) is 2.50. The molecule has 0 radical (unpaired) electrons. The van der Waals surface area contributed by atoms with Crippen LogP contribution in [0.1, 0.15) is 40.3 Å². The highest BCUT2D eigenvalue weighted by molar-refractivity contribution is 5.81. The minimum Gasteiger partial charge on any atom is -0.458 e. The summed E-state index contributed by atoms with van der Waals surface area (Å²) in [6.07, 6.45) is 0.357. The molecule has 0 bridgehead atoms. The summed E-state index contributed by atoms with van der Waals surface area (Å²) in [6.45, 7) is 8.65. The molecule has 7 heteroatoms. The zero-order valence-electron chi connectivity index (χ0n) is 14.1. The van der Waals surface area contributed by atoms with E-state index in [9.17, 15) is 14.0 Å². The number of ether oxygens (including phenoxy) is 2. The van der Waals surface area contributed by atoms with E-state index in [1.54, 1.807) is 34.6 Å². The summed E-state index contributed by atoms with van der Waals surface area (Å²) >= 11 is 0. The predicted octanol–water partition coefficient (Wildman–Crippen LogP) is 2.81. The first-order valence-corrected chi connectivity index (χ1v) is 7.35. The van der Waals surface area contributed by atoms with Gasteiger partial charge in [0.15, 0.2) is 0 Å². The normalized spacial score (nSPS) is 12.7. The van der Waals surface area contributed by atoms with Gasteiger partial charge in [-0.15, -0.1) is 0 Å². The maximum atomic E-state index is 12.8. The van der Waals surface area contributed by atoms with Crippen molar-refractivity contribution in [3.63, 3.8) is 0 Å². The molecule has 0 aliphatic carbocycles. The molecule has 1 heterocycles. The second-order valence-corrected chi connectivity index (χ2v) is 6.44. The van der Waals surface area contributed by atoms with Crippen LogP contribution in [0.3, 0.4) is 0 Å². The Labute approximate surface area is 135 Å². The Balaban J connectivity index is 2.60. The van der Waals surface area contributed by atoms with Gasteiger partial charge < -0.3 is 14.8 Å². The number of nitrogens with one attached hydrogen (secondary N) is 1. The molecule has 1 atom stereocenters. The minimum absolute atomic E-state index is 0.0989. The Morgan fingerprint density at radius 1 is 1.30 bits per heavy atom. The lowest BCUT2D eigenvalue weighted by molar-refractivity contribution is -0.148. The minimum atomic E-state index is -0.842. The van der Waals surface area contributed by atoms with Crippen molar-refractivity contribution in [3.8, 4) is 0 Å². The first-order valence-electron chi connectivity index (χ1n) is 7.35. The molecule has 0 saturated carbocycles. The lowest BCUT2D eigenvalue weighted by atomic mass is 10.1. The first kappa shape index (κ1) is 18.9. The highest BCUT2D eigenvalue weighted by Gasteiger charge is 2.28. The zero-order valence-corrected chi connectivity index (χ0v) is 14.1. The third kappa shape index (κ3) is 7.08. The molecule has 0 spiro atoms. The molecule has 1 aromatic heterocycles. The molecule has 23 heavy (non-hydrogen) atoms. The van der Waals surface area contributed by atoms with Gasteiger partial charge >= 0.3 is 12.1 Å². The third-order valence-electron chi connectivity index (χ3n) is 2.74. The van der Waals surface area contributed by atoms with Gasteiger partial charge in [0.1, 0.15) is 24.1 Å². The van der Waals surface area contributed by atoms with Crippen LogP contribution < -0.4 is 5.32 Å². The van der Waals surface area contributed by atoms with Gasteiger partial charge in [-0.25, -0.2) is 14.0 Å². The second-order valence-electron chi connectivity index (χ2n) is 6.44. The standard InChI is InChI=1S/C16H23FN2O4/c1-10(2)13(19-15(21)23-16(3,4)5)14(20)22-9-12-7-6-11(17)8-18-12/h6-8,10,13H,9H2,1-5H3,(H,19,21)/t13-/m0/s1. The van der Waals surface area contributed by atoms with Gasteiger partial charge in [-0.2, -0.15) is 0 Å². The Morgan fingerprint density at radius 3 is 2.43 bits per heavy atom. The Bertz CT molecular complexity index is 538. The van der Waals surface area contributed by atoms with E-state index in [4.69, 9.17) is 9.47 Å². The van der Waals surface area contributed by atoms with Crippen LogP contribution in [0, 0.1) is 11.7 Å². The number of aromatic nitrogens is 1. The van der Waals surface area contributed by atoms with Crippen molar-refractivity contribution < 1.29 is 23.5 Å². The predicted molar refractivity (Wildman–Crippen MR) is 82.0 cm³/mol. The van der Waals surface area contributed by atoms with Gasteiger partial charge in [-0.05, 0) is 38.8 Å². The Hall–Kier alpha value is -2.18. The van der Waals surface area contributed by atoms with Crippen molar-refractivity contribution in [2.24, 2.45) is 5.92 Å². The molecular weight excluding hydrogens is 303 g/mol. The number of hydrogen-bond donors (Lipinski definition) is 1. The van der Waals surface area contributed by atoms with Crippen molar-refractivity contribution in [2.75, 3.05) is 0 Å². The number of amides is 1. The lowest BCUT2D eigenvalue weighted by Gasteiger charge is -2.24. The average molecular weight is 326 g/mol. The molecule has 0 unspecified atom stereocenters. The average Bonchev–Trinajstić information content (AvgIpc) is 2.41. The van der Waals surface area contributed by atoms with Gasteiger partial charge in [-0.1, -0.05) is 13.8 Å². The summed E-state index contributed by atoms with van der Waals surface area (Å²) in [6, 6.07) is 1.81. The maximum absolute atomic E-state index is 12.8. The Kier molecular flexibility index (Phi) is 6.48. The van der Waals surface area contributed by atoms with Gasteiger partial charge in [0.25, 0.3) is 0 Å². The molecule has 128 valence electrons. The van der Waals surface area contributed by atoms with Crippen molar-refractivity contribution >= 4 is 12.1 Å². The summed E-state index contributed by atoms with van der Waals surface area (Å²) in [5.41, 5.74) is -0.243. The monoisotopic (exact) mass is 326 g/mol. The fourth-order valence-corrected chi connectivity index (χ4v) is 1.66. The van der Waals surface area contributed by atoms with Crippen molar-refractivity contribution in [3.05, 3.63) is 29.8 Å². The number of halogens is 1. The van der Waals surface area contributed by atoms with E-state index >= 15 is 0 Å². The smallest absolute Gasteiger partial charge is 0.408 e. The van der Waals surface area contributed by atoms with E-state index in [-0.39, 0.29) is 12.5 Å². The summed E-state index contributed by atoms with van der Waals surface area (Å²) in [4.78, 5) is 27.7. The van der Waals surface area contributed by atoms with Gasteiger partial charge in [0.05, 0.1) is 11.9 Å². The van der Waals surface area contributed by atoms with Crippen molar-refractivity contribution in [1.29, 1.82) is 0 Å². The largest absolute Gasteiger partial charge is 0.458 e. The van der Waals surface area contributed by atoms with E-state index in [0.29, 0.717) is 5.69 Å². The molecular formula is C16H23FN2O4. The van der Waals surface area contributed by atoms with Gasteiger partial charge in [-0.3, -0.25) is 4.98 Å². The van der Waals surface area contributed by atoms with Crippen LogP contribution in [0.5, 0.6) is 0 Å². The molecule has 1 aromatic rings. The fourth-order valence-electron chi connectivity index (χ4n) is 1.66. The molecule has 0 saturated heterocycles. The van der Waals surface area contributed by atoms with Crippen LogP contribution in [-0.4, -0.2) is 28.7 Å². The summed E-state index contributed by atoms with van der Waals surface area (Å²) < 4.78 is 23.0. The second kappa shape index (κ2) is 7.89. The number of esters is 1. The molecule has 1 amide bonds. The first-order chi connectivity index (χ1) is 10.6. The SMILES string of the molecule is CC(C)[C@H](NC(=O)OC(C)(C)C)C(=O)OCc1ccc(F)cn1. The Morgan fingerprint density at radius 2 is 1.96 bits per heavy atom. The molecule has 1 N–H and O–H groups in total. The topological polar surface area (TPSA) is 77.5 Å². The van der Waals surface area contributed by atoms with Crippen LogP contribution in [0.15, 0.2) is 18.3 Å². The highest BCUT2D eigenvalue weighted by Crippen LogP contribution is 2.10. The molecule has 0 aromatic carbocycles. The van der Waals surface area contributed by atoms with Crippen LogP contribution in [0.4, 0.5) is 9.18 Å². The maximum Gasteiger partial charge on any atom is 0.408 e. The lowest BCUT2D eigenvalue weighted by Crippen LogP contribution is -2.47. The van der Waals surface area contributed by atoms with Crippen LogP contribution in [0.25, 0.3) is 0 Å². The van der Waals surface area contributed by atoms with Crippen molar-refractivity contribution in [2.45, 2.75) is 52.9 Å². The van der Waals surface area contributed by atoms with E-state index in [0.717, 1.165) is 6.20 Å². The van der Waals surface area contributed by atoms with Crippen molar-refractivity contribution in [1.82, 2.24) is 10.3 Å². The quantitative estimate of drug-likeness (QED) is 0.842. The van der Waals surface area contributed by atoms with Crippen LogP contribution in [-0.2, 0) is 20.9 Å². The zero-order chi connectivity index (χ0) is 17.6. The van der Waals surface area contributed by atoms with E-state index < -0.39 is 29.5 Å². The summed E-state index contributed by atoms with van der Waals surface area (Å²) in [7, 11) is 0. The van der Waals surface area contributed by atoms with E-state index in [2.05, 4.69) is 10.3 Å². The number of hydrogen-bond acceptors (Lipinski definition) is 5. The molecule has 1 rings (SSSR count). The van der Waals surface area contributed by atoms with Gasteiger partial charge in [0.2, 0.25) is 0 Å². The number of carbonyl (C=O) groups is 2. The molecule has 0 fully saturated rings. The van der Waals surface area contributed by atoms with E-state index in [1.807, 2.05) is 0 Å². The number of pyridine rings is 1. The fraction of sp³-hybridized carbons (Fsp3) is 0.562. The number of carbonyl (C=O) groups excluding carboxylic acids is 2. The number of rotatable bonds is 5. The van der Waals surface area contributed by atoms with E-state index in [1.165, 1.54) is 12.1 Å². The highest BCUT2D eigenvalue weighted by atomic mass is 19.1. The molecule has 0 aliphatic rings. The summed E-state index contributed by atoms with van der Waals surface area (Å²) in [5.74, 6) is -1.25. The van der Waals surface area contributed by atoms with Crippen LogP contribution >= 0.6 is 0 Å². The van der Waals surface area contributed by atoms with Crippen LogP contribution in [0.2, 0.25) is 0 Å². The third-order valence-corrected chi connectivity index (χ3v) is 2.74. The number of alkyl carbamates (subject to hydrolysis) is 1. The number of nitrogens with zero attached hydrogens (tertiary/aromatic N) is 1.